The molecule has 3 rings (SSSR count). The van der Waals surface area contributed by atoms with Gasteiger partial charge in [0.2, 0.25) is 0 Å². The van der Waals surface area contributed by atoms with Crippen molar-refractivity contribution >= 4 is 17.9 Å². The molecule has 2 saturated carbocycles. The molecule has 6 heteroatoms. The Morgan fingerprint density at radius 1 is 1.09 bits per heavy atom. The molecule has 0 aromatic carbocycles. The highest BCUT2D eigenvalue weighted by atomic mass is 16.5. The lowest BCUT2D eigenvalue weighted by atomic mass is 9.60. The summed E-state index contributed by atoms with van der Waals surface area (Å²) in [5, 5.41) is 0. The lowest BCUT2D eigenvalue weighted by molar-refractivity contribution is -0.155. The molecule has 0 saturated heterocycles. The van der Waals surface area contributed by atoms with Gasteiger partial charge in [-0.25, -0.2) is 0 Å². The second-order valence-electron chi connectivity index (χ2n) is 10.8. The molecular formula is C26H38O6. The van der Waals surface area contributed by atoms with Crippen molar-refractivity contribution in [1.29, 1.82) is 0 Å². The van der Waals surface area contributed by atoms with E-state index in [0.717, 1.165) is 25.7 Å². The fourth-order valence-electron chi connectivity index (χ4n) is 6.78. The van der Waals surface area contributed by atoms with Crippen molar-refractivity contribution in [2.75, 3.05) is 6.61 Å². The average Bonchev–Trinajstić information content (AvgIpc) is 3.15. The molecule has 0 amide bonds. The van der Waals surface area contributed by atoms with Gasteiger partial charge < -0.3 is 14.2 Å². The zero-order chi connectivity index (χ0) is 23.8. The van der Waals surface area contributed by atoms with Gasteiger partial charge in [0, 0.05) is 38.5 Å². The SMILES string of the molecule is C=C1CCCC(C)(C)[C@@H]2C[C@H](OC(C)=O)[C@@](C)([C@@H]3C=C(OC(C)=O)C[C@H]3COC(C)=O)[C@H]12. The number of carbonyl (C=O) groups excluding carboxylic acids is 3. The Morgan fingerprint density at radius 2 is 1.78 bits per heavy atom. The van der Waals surface area contributed by atoms with Gasteiger partial charge in [-0.15, -0.1) is 0 Å². The summed E-state index contributed by atoms with van der Waals surface area (Å²) in [4.78, 5) is 35.4. The molecule has 0 spiro atoms. The van der Waals surface area contributed by atoms with E-state index in [1.54, 1.807) is 0 Å². The molecule has 0 N–H and O–H groups in total. The van der Waals surface area contributed by atoms with Gasteiger partial charge in [-0.3, -0.25) is 14.4 Å². The van der Waals surface area contributed by atoms with Crippen LogP contribution in [0.4, 0.5) is 0 Å². The first-order valence-electron chi connectivity index (χ1n) is 11.7. The molecule has 2 fully saturated rings. The largest absolute Gasteiger partial charge is 0.466 e. The number of esters is 3. The van der Waals surface area contributed by atoms with Crippen LogP contribution in [0.1, 0.15) is 73.6 Å². The Bertz CT molecular complexity index is 824. The second kappa shape index (κ2) is 9.03. The Balaban J connectivity index is 2.08. The van der Waals surface area contributed by atoms with E-state index in [4.69, 9.17) is 14.2 Å². The summed E-state index contributed by atoms with van der Waals surface area (Å²) in [5.41, 5.74) is 0.854. The third-order valence-electron chi connectivity index (χ3n) is 8.14. The van der Waals surface area contributed by atoms with Gasteiger partial charge >= 0.3 is 17.9 Å². The standard InChI is InChI=1S/C26H38O6/c1-15-9-8-10-25(5,6)22-13-23(32-18(4)29)26(7,24(15)22)21-12-20(31-17(3)28)11-19(21)14-30-16(2)27/h12,19,21-24H,1,8-11,13-14H2,2-7H3/t19-,21+,22+,23-,24+,26+/m0/s1. The predicted molar refractivity (Wildman–Crippen MR) is 120 cm³/mol. The van der Waals surface area contributed by atoms with Crippen LogP contribution in [0.15, 0.2) is 24.0 Å². The van der Waals surface area contributed by atoms with E-state index in [0.29, 0.717) is 18.1 Å². The molecular weight excluding hydrogens is 408 g/mol. The van der Waals surface area contributed by atoms with Crippen molar-refractivity contribution < 1.29 is 28.6 Å². The van der Waals surface area contributed by atoms with Crippen molar-refractivity contribution in [3.63, 3.8) is 0 Å². The minimum absolute atomic E-state index is 0.0609. The summed E-state index contributed by atoms with van der Waals surface area (Å²) >= 11 is 0. The molecule has 6 nitrogen and oxygen atoms in total. The summed E-state index contributed by atoms with van der Waals surface area (Å²) in [6.45, 7) is 15.8. The minimum Gasteiger partial charge on any atom is -0.466 e. The number of ether oxygens (including phenoxy) is 3. The monoisotopic (exact) mass is 446 g/mol. The van der Waals surface area contributed by atoms with E-state index in [1.165, 1.54) is 26.3 Å². The Labute approximate surface area is 191 Å². The number of hydrogen-bond donors (Lipinski definition) is 0. The van der Waals surface area contributed by atoms with Gasteiger partial charge in [0.15, 0.2) is 0 Å². The third kappa shape index (κ3) is 4.65. The number of carbonyl (C=O) groups is 3. The second-order valence-corrected chi connectivity index (χ2v) is 10.8. The fraction of sp³-hybridized carbons (Fsp3) is 0.731. The number of allylic oxidation sites excluding steroid dienone is 3. The Morgan fingerprint density at radius 3 is 2.38 bits per heavy atom. The molecule has 0 aromatic rings. The van der Waals surface area contributed by atoms with Crippen molar-refractivity contribution in [2.45, 2.75) is 79.8 Å². The van der Waals surface area contributed by atoms with Crippen molar-refractivity contribution in [3.05, 3.63) is 24.0 Å². The topological polar surface area (TPSA) is 78.9 Å². The zero-order valence-corrected chi connectivity index (χ0v) is 20.4. The fourth-order valence-corrected chi connectivity index (χ4v) is 6.78. The van der Waals surface area contributed by atoms with E-state index < -0.39 is 5.41 Å². The van der Waals surface area contributed by atoms with E-state index in [9.17, 15) is 14.4 Å². The van der Waals surface area contributed by atoms with Crippen LogP contribution < -0.4 is 0 Å². The van der Waals surface area contributed by atoms with Crippen LogP contribution in [-0.4, -0.2) is 30.6 Å². The summed E-state index contributed by atoms with van der Waals surface area (Å²) in [7, 11) is 0. The maximum absolute atomic E-state index is 12.1. The summed E-state index contributed by atoms with van der Waals surface area (Å²) in [6.07, 6.45) is 6.17. The highest BCUT2D eigenvalue weighted by Gasteiger charge is 2.63. The quantitative estimate of drug-likeness (QED) is 0.337. The normalized spacial score (nSPS) is 36.0. The highest BCUT2D eigenvalue weighted by molar-refractivity contribution is 5.67. The van der Waals surface area contributed by atoms with Crippen LogP contribution in [0.2, 0.25) is 0 Å². The maximum atomic E-state index is 12.1. The predicted octanol–water partition coefficient (Wildman–Crippen LogP) is 4.97. The van der Waals surface area contributed by atoms with Crippen molar-refractivity contribution in [2.24, 2.45) is 34.5 Å². The van der Waals surface area contributed by atoms with Crippen LogP contribution >= 0.6 is 0 Å². The molecule has 0 radical (unpaired) electrons. The maximum Gasteiger partial charge on any atom is 0.307 e. The van der Waals surface area contributed by atoms with Crippen molar-refractivity contribution in [1.82, 2.24) is 0 Å². The van der Waals surface area contributed by atoms with Gasteiger partial charge in [-0.1, -0.05) is 32.9 Å². The first-order chi connectivity index (χ1) is 14.9. The number of fused-ring (bicyclic) bond motifs is 1. The van der Waals surface area contributed by atoms with E-state index in [2.05, 4.69) is 27.4 Å². The Hall–Kier alpha value is -2.11. The van der Waals surface area contributed by atoms with Gasteiger partial charge in [-0.05, 0) is 54.9 Å². The first-order valence-corrected chi connectivity index (χ1v) is 11.7. The van der Waals surface area contributed by atoms with Gasteiger partial charge in [0.05, 0.1) is 6.61 Å². The molecule has 32 heavy (non-hydrogen) atoms. The van der Waals surface area contributed by atoms with Gasteiger partial charge in [-0.2, -0.15) is 0 Å². The van der Waals surface area contributed by atoms with E-state index in [1.807, 2.05) is 6.08 Å². The molecule has 0 unspecified atom stereocenters. The van der Waals surface area contributed by atoms with Crippen molar-refractivity contribution in [3.8, 4) is 0 Å². The van der Waals surface area contributed by atoms with E-state index >= 15 is 0 Å². The summed E-state index contributed by atoms with van der Waals surface area (Å²) in [6, 6.07) is 0. The third-order valence-corrected chi connectivity index (χ3v) is 8.14. The number of rotatable bonds is 5. The highest BCUT2D eigenvalue weighted by Crippen LogP contribution is 2.65. The van der Waals surface area contributed by atoms with Crippen LogP contribution in [0, 0.1) is 34.5 Å². The van der Waals surface area contributed by atoms with Gasteiger partial charge in [0.25, 0.3) is 0 Å². The van der Waals surface area contributed by atoms with Crippen LogP contribution in [0.5, 0.6) is 0 Å². The molecule has 6 atom stereocenters. The summed E-state index contributed by atoms with van der Waals surface area (Å²) < 4.78 is 16.9. The van der Waals surface area contributed by atoms with Crippen LogP contribution in [-0.2, 0) is 28.6 Å². The molecule has 3 aliphatic carbocycles. The molecule has 3 aliphatic rings. The molecule has 0 heterocycles. The van der Waals surface area contributed by atoms with E-state index in [-0.39, 0.29) is 53.8 Å². The van der Waals surface area contributed by atoms with Gasteiger partial charge in [0.1, 0.15) is 11.9 Å². The minimum atomic E-state index is -0.443. The zero-order valence-electron chi connectivity index (χ0n) is 20.4. The first kappa shape index (κ1) is 24.5. The average molecular weight is 447 g/mol. The van der Waals surface area contributed by atoms with Crippen LogP contribution in [0.25, 0.3) is 0 Å². The number of hydrogen-bond acceptors (Lipinski definition) is 6. The van der Waals surface area contributed by atoms with Crippen LogP contribution in [0.3, 0.4) is 0 Å². The Kier molecular flexibility index (Phi) is 6.92. The lowest BCUT2D eigenvalue weighted by Gasteiger charge is -2.45. The smallest absolute Gasteiger partial charge is 0.307 e. The molecule has 178 valence electrons. The summed E-state index contributed by atoms with van der Waals surface area (Å²) in [5.74, 6) is -0.0565. The molecule has 0 aliphatic heterocycles. The molecule has 0 aromatic heterocycles. The molecule has 0 bridgehead atoms. The lowest BCUT2D eigenvalue weighted by Crippen LogP contribution is -2.45.